The van der Waals surface area contributed by atoms with Crippen molar-refractivity contribution in [2.75, 3.05) is 13.1 Å². The minimum Gasteiger partial charge on any atom is -0.388 e. The van der Waals surface area contributed by atoms with Crippen LogP contribution in [0, 0.1) is 0 Å². The molecule has 0 saturated carbocycles. The van der Waals surface area contributed by atoms with Crippen LogP contribution in [0.25, 0.3) is 0 Å². The first-order valence-electron chi connectivity index (χ1n) is 8.89. The lowest BCUT2D eigenvalue weighted by molar-refractivity contribution is -0.140. The molecule has 2 saturated heterocycles. The van der Waals surface area contributed by atoms with E-state index in [1.54, 1.807) is 0 Å². The molecular weight excluding hydrogens is 324 g/mol. The van der Waals surface area contributed by atoms with Crippen molar-refractivity contribution in [2.45, 2.75) is 63.1 Å². The molecule has 2 fully saturated rings. The van der Waals surface area contributed by atoms with E-state index in [-0.39, 0.29) is 24.4 Å². The molecule has 3 rings (SSSR count). The topological polar surface area (TPSA) is 52.6 Å². The van der Waals surface area contributed by atoms with Gasteiger partial charge in [-0.05, 0) is 57.6 Å². The van der Waals surface area contributed by atoms with E-state index >= 15 is 0 Å². The number of nitrogens with one attached hydrogen (secondary N) is 1. The summed E-state index contributed by atoms with van der Waals surface area (Å²) in [6, 6.07) is 9.91. The third-order valence-electron chi connectivity index (χ3n) is 5.41. The monoisotopic (exact) mass is 352 g/mol. The Labute approximate surface area is 151 Å². The normalized spacial score (nSPS) is 28.2. The van der Waals surface area contributed by atoms with E-state index in [0.29, 0.717) is 6.42 Å². The van der Waals surface area contributed by atoms with E-state index < -0.39 is 11.6 Å². The number of hydrogen-bond acceptors (Lipinski definition) is 3. The third-order valence-corrected chi connectivity index (χ3v) is 5.41. The summed E-state index contributed by atoms with van der Waals surface area (Å²) >= 11 is 0. The molecule has 1 aromatic carbocycles. The Morgan fingerprint density at radius 1 is 1.33 bits per heavy atom. The van der Waals surface area contributed by atoms with Crippen LogP contribution in [0.5, 0.6) is 0 Å². The van der Waals surface area contributed by atoms with Crippen LogP contribution in [-0.2, 0) is 4.79 Å². The van der Waals surface area contributed by atoms with E-state index in [0.717, 1.165) is 50.8 Å². The molecule has 3 atom stereocenters. The van der Waals surface area contributed by atoms with Gasteiger partial charge in [-0.3, -0.25) is 4.79 Å². The van der Waals surface area contributed by atoms with Gasteiger partial charge >= 0.3 is 0 Å². The van der Waals surface area contributed by atoms with Crippen molar-refractivity contribution >= 4 is 18.3 Å². The first-order valence-corrected chi connectivity index (χ1v) is 8.89. The molecule has 134 valence electrons. The Hall–Kier alpha value is -1.10. The number of piperidine rings is 1. The van der Waals surface area contributed by atoms with Crippen molar-refractivity contribution < 1.29 is 9.90 Å². The van der Waals surface area contributed by atoms with Gasteiger partial charge in [0.05, 0.1) is 11.6 Å². The predicted octanol–water partition coefficient (Wildman–Crippen LogP) is 3.06. The summed E-state index contributed by atoms with van der Waals surface area (Å²) in [6.07, 6.45) is 5.34. The fourth-order valence-electron chi connectivity index (χ4n) is 3.97. The number of halogens is 1. The van der Waals surface area contributed by atoms with Crippen LogP contribution in [0.4, 0.5) is 0 Å². The van der Waals surface area contributed by atoms with Crippen LogP contribution in [-0.4, -0.2) is 40.6 Å². The molecule has 0 bridgehead atoms. The third kappa shape index (κ3) is 4.11. The van der Waals surface area contributed by atoms with Crippen LogP contribution in [0.1, 0.15) is 57.1 Å². The minimum atomic E-state index is -0.498. The van der Waals surface area contributed by atoms with Gasteiger partial charge < -0.3 is 15.3 Å². The quantitative estimate of drug-likeness (QED) is 0.875. The molecule has 24 heavy (non-hydrogen) atoms. The molecule has 1 aromatic rings. The van der Waals surface area contributed by atoms with Gasteiger partial charge in [-0.1, -0.05) is 30.3 Å². The van der Waals surface area contributed by atoms with Gasteiger partial charge in [0, 0.05) is 12.6 Å². The number of nitrogens with zero attached hydrogens (tertiary/aromatic N) is 1. The Bertz CT molecular complexity index is 531. The van der Waals surface area contributed by atoms with Crippen LogP contribution in [0.3, 0.4) is 0 Å². The number of likely N-dealkylation sites (tertiary alicyclic amines) is 1. The molecule has 2 N–H and O–H groups in total. The average Bonchev–Trinajstić information content (AvgIpc) is 3.03. The van der Waals surface area contributed by atoms with Crippen LogP contribution in [0.15, 0.2) is 30.3 Å². The average molecular weight is 353 g/mol. The Balaban J connectivity index is 0.00000208. The lowest BCUT2D eigenvalue weighted by atomic mass is 9.89. The number of benzene rings is 1. The SMILES string of the molecule is CC1(C(=O)N2CCCC2CC(O)c2ccccc2)CCCCN1.Cl. The Kier molecular flexibility index (Phi) is 6.67. The molecule has 5 heteroatoms. The maximum atomic E-state index is 13.0. The minimum absolute atomic E-state index is 0. The molecule has 0 radical (unpaired) electrons. The first kappa shape index (κ1) is 19.2. The first-order chi connectivity index (χ1) is 11.1. The van der Waals surface area contributed by atoms with Crippen molar-refractivity contribution in [3.05, 3.63) is 35.9 Å². The van der Waals surface area contributed by atoms with Crippen molar-refractivity contribution in [2.24, 2.45) is 0 Å². The summed E-state index contributed by atoms with van der Waals surface area (Å²) in [5, 5.41) is 13.9. The van der Waals surface area contributed by atoms with Crippen molar-refractivity contribution in [1.29, 1.82) is 0 Å². The number of amides is 1. The highest BCUT2D eigenvalue weighted by Gasteiger charge is 2.41. The van der Waals surface area contributed by atoms with E-state index in [1.165, 1.54) is 0 Å². The van der Waals surface area contributed by atoms with Gasteiger partial charge in [-0.25, -0.2) is 0 Å². The Morgan fingerprint density at radius 3 is 2.75 bits per heavy atom. The second-order valence-electron chi connectivity index (χ2n) is 7.17. The van der Waals surface area contributed by atoms with Gasteiger partial charge in [0.25, 0.3) is 0 Å². The van der Waals surface area contributed by atoms with E-state index in [2.05, 4.69) is 5.32 Å². The lowest BCUT2D eigenvalue weighted by Crippen LogP contribution is -2.58. The lowest BCUT2D eigenvalue weighted by Gasteiger charge is -2.39. The highest BCUT2D eigenvalue weighted by Crippen LogP contribution is 2.31. The molecule has 2 aliphatic rings. The van der Waals surface area contributed by atoms with Crippen LogP contribution >= 0.6 is 12.4 Å². The maximum absolute atomic E-state index is 13.0. The largest absolute Gasteiger partial charge is 0.388 e. The molecule has 0 aromatic heterocycles. The van der Waals surface area contributed by atoms with Crippen molar-refractivity contribution in [3.63, 3.8) is 0 Å². The standard InChI is InChI=1S/C19H28N2O2.ClH/c1-19(11-5-6-12-20-19)18(23)21-13-7-10-16(21)14-17(22)15-8-3-2-4-9-15;/h2-4,8-9,16-17,20,22H,5-7,10-14H2,1H3;1H. The number of aliphatic hydroxyl groups excluding tert-OH is 1. The molecule has 4 nitrogen and oxygen atoms in total. The summed E-state index contributed by atoms with van der Waals surface area (Å²) in [5.74, 6) is 0.222. The summed E-state index contributed by atoms with van der Waals surface area (Å²) in [4.78, 5) is 15.1. The number of carbonyl (C=O) groups is 1. The second-order valence-corrected chi connectivity index (χ2v) is 7.17. The van der Waals surface area contributed by atoms with E-state index in [4.69, 9.17) is 0 Å². The highest BCUT2D eigenvalue weighted by atomic mass is 35.5. The fraction of sp³-hybridized carbons (Fsp3) is 0.632. The van der Waals surface area contributed by atoms with Gasteiger partial charge in [0.15, 0.2) is 0 Å². The van der Waals surface area contributed by atoms with E-state index in [1.807, 2.05) is 42.2 Å². The number of aliphatic hydroxyl groups is 1. The zero-order chi connectivity index (χ0) is 16.3. The molecule has 1 amide bonds. The Morgan fingerprint density at radius 2 is 2.08 bits per heavy atom. The zero-order valence-electron chi connectivity index (χ0n) is 14.4. The maximum Gasteiger partial charge on any atom is 0.242 e. The van der Waals surface area contributed by atoms with Gasteiger partial charge in [0.2, 0.25) is 5.91 Å². The molecule has 2 heterocycles. The molecule has 2 aliphatic heterocycles. The second kappa shape index (κ2) is 8.32. The highest BCUT2D eigenvalue weighted by molar-refractivity contribution is 5.86. The summed E-state index contributed by atoms with van der Waals surface area (Å²) in [7, 11) is 0. The van der Waals surface area contributed by atoms with Gasteiger partial charge in [-0.2, -0.15) is 0 Å². The van der Waals surface area contributed by atoms with Gasteiger partial charge in [0.1, 0.15) is 0 Å². The molecular formula is C19H29ClN2O2. The van der Waals surface area contributed by atoms with Gasteiger partial charge in [-0.15, -0.1) is 12.4 Å². The number of hydrogen-bond donors (Lipinski definition) is 2. The number of carbonyl (C=O) groups excluding carboxylic acids is 1. The zero-order valence-corrected chi connectivity index (χ0v) is 15.2. The summed E-state index contributed by atoms with van der Waals surface area (Å²) < 4.78 is 0. The smallest absolute Gasteiger partial charge is 0.242 e. The number of rotatable bonds is 4. The molecule has 0 spiro atoms. The fourth-order valence-corrected chi connectivity index (χ4v) is 3.97. The molecule has 0 aliphatic carbocycles. The summed E-state index contributed by atoms with van der Waals surface area (Å²) in [6.45, 7) is 3.78. The summed E-state index contributed by atoms with van der Waals surface area (Å²) in [5.41, 5.74) is 0.521. The predicted molar refractivity (Wildman–Crippen MR) is 98.3 cm³/mol. The van der Waals surface area contributed by atoms with Crippen molar-refractivity contribution in [1.82, 2.24) is 10.2 Å². The van der Waals surface area contributed by atoms with Crippen LogP contribution < -0.4 is 5.32 Å². The van der Waals surface area contributed by atoms with Crippen molar-refractivity contribution in [3.8, 4) is 0 Å². The van der Waals surface area contributed by atoms with E-state index in [9.17, 15) is 9.90 Å². The molecule has 3 unspecified atom stereocenters. The van der Waals surface area contributed by atoms with Crippen LogP contribution in [0.2, 0.25) is 0 Å².